The van der Waals surface area contributed by atoms with Crippen molar-refractivity contribution in [3.05, 3.63) is 0 Å². The van der Waals surface area contributed by atoms with E-state index in [0.717, 1.165) is 11.8 Å². The van der Waals surface area contributed by atoms with Crippen molar-refractivity contribution in [2.24, 2.45) is 17.3 Å². The molecule has 0 aliphatic rings. The van der Waals surface area contributed by atoms with Gasteiger partial charge in [0, 0.05) is 0 Å². The highest BCUT2D eigenvalue weighted by atomic mass is 14.3. The van der Waals surface area contributed by atoms with Gasteiger partial charge in [0.05, 0.1) is 0 Å². The van der Waals surface area contributed by atoms with E-state index in [1.807, 2.05) is 0 Å². The molecule has 0 heteroatoms. The predicted octanol–water partition coefficient (Wildman–Crippen LogP) is 5.67. The molecule has 0 amide bonds. The van der Waals surface area contributed by atoms with Crippen LogP contribution in [-0.2, 0) is 0 Å². The highest BCUT2D eigenvalue weighted by molar-refractivity contribution is 4.77. The van der Waals surface area contributed by atoms with Crippen molar-refractivity contribution in [2.75, 3.05) is 0 Å². The van der Waals surface area contributed by atoms with E-state index in [4.69, 9.17) is 0 Å². The van der Waals surface area contributed by atoms with E-state index >= 15 is 0 Å². The molecule has 0 heterocycles. The Hall–Kier alpha value is 0. The Labute approximate surface area is 97.8 Å². The second-order valence-corrected chi connectivity index (χ2v) is 5.91. The Balaban J connectivity index is 4.09. The fraction of sp³-hybridized carbons (Fsp3) is 1.00. The van der Waals surface area contributed by atoms with Gasteiger partial charge in [-0.2, -0.15) is 0 Å². The SMILES string of the molecule is CCCCC(C)(C)C(C)CC(CC)CC. The molecular weight excluding hydrogens is 180 g/mol. The average Bonchev–Trinajstić information content (AvgIpc) is 2.22. The average molecular weight is 212 g/mol. The van der Waals surface area contributed by atoms with Crippen LogP contribution >= 0.6 is 0 Å². The molecule has 0 rings (SSSR count). The molecule has 0 radical (unpaired) electrons. The van der Waals surface area contributed by atoms with Gasteiger partial charge in [-0.3, -0.25) is 0 Å². The molecule has 0 aromatic heterocycles. The molecule has 0 aromatic rings. The van der Waals surface area contributed by atoms with E-state index in [0.29, 0.717) is 5.41 Å². The first kappa shape index (κ1) is 15.0. The second-order valence-electron chi connectivity index (χ2n) is 5.91. The number of rotatable bonds is 8. The van der Waals surface area contributed by atoms with Gasteiger partial charge in [-0.05, 0) is 30.1 Å². The van der Waals surface area contributed by atoms with Crippen LogP contribution in [0.25, 0.3) is 0 Å². The lowest BCUT2D eigenvalue weighted by Crippen LogP contribution is -2.23. The van der Waals surface area contributed by atoms with Crippen molar-refractivity contribution in [3.63, 3.8) is 0 Å². The third-order valence-electron chi connectivity index (χ3n) is 4.35. The molecular formula is C15H32. The van der Waals surface area contributed by atoms with E-state index in [9.17, 15) is 0 Å². The quantitative estimate of drug-likeness (QED) is 0.486. The fourth-order valence-corrected chi connectivity index (χ4v) is 2.32. The number of unbranched alkanes of at least 4 members (excludes halogenated alkanes) is 1. The van der Waals surface area contributed by atoms with Gasteiger partial charge < -0.3 is 0 Å². The summed E-state index contributed by atoms with van der Waals surface area (Å²) in [6, 6.07) is 0. The van der Waals surface area contributed by atoms with Crippen molar-refractivity contribution >= 4 is 0 Å². The molecule has 0 fully saturated rings. The maximum atomic E-state index is 2.45. The first-order valence-corrected chi connectivity index (χ1v) is 6.97. The molecule has 1 unspecified atom stereocenters. The molecule has 0 N–H and O–H groups in total. The van der Waals surface area contributed by atoms with Crippen LogP contribution in [0.15, 0.2) is 0 Å². The largest absolute Gasteiger partial charge is 0.0654 e. The minimum absolute atomic E-state index is 0.540. The summed E-state index contributed by atoms with van der Waals surface area (Å²) in [7, 11) is 0. The van der Waals surface area contributed by atoms with E-state index in [2.05, 4.69) is 41.5 Å². The summed E-state index contributed by atoms with van der Waals surface area (Å²) in [4.78, 5) is 0. The van der Waals surface area contributed by atoms with Crippen LogP contribution < -0.4 is 0 Å². The lowest BCUT2D eigenvalue weighted by molar-refractivity contribution is 0.168. The van der Waals surface area contributed by atoms with Gasteiger partial charge in [-0.15, -0.1) is 0 Å². The van der Waals surface area contributed by atoms with E-state index in [1.54, 1.807) is 0 Å². The van der Waals surface area contributed by atoms with Crippen molar-refractivity contribution in [1.29, 1.82) is 0 Å². The summed E-state index contributed by atoms with van der Waals surface area (Å²) in [6.07, 6.45) is 8.24. The van der Waals surface area contributed by atoms with E-state index < -0.39 is 0 Å². The second kappa shape index (κ2) is 7.30. The zero-order valence-electron chi connectivity index (χ0n) is 11.9. The zero-order chi connectivity index (χ0) is 11.9. The highest BCUT2D eigenvalue weighted by Crippen LogP contribution is 2.37. The predicted molar refractivity (Wildman–Crippen MR) is 71.2 cm³/mol. The van der Waals surface area contributed by atoms with Crippen LogP contribution in [0.5, 0.6) is 0 Å². The van der Waals surface area contributed by atoms with E-state index in [1.165, 1.54) is 38.5 Å². The molecule has 0 bridgehead atoms. The maximum Gasteiger partial charge on any atom is -0.0328 e. The van der Waals surface area contributed by atoms with Crippen molar-refractivity contribution in [2.45, 2.75) is 80.1 Å². The van der Waals surface area contributed by atoms with Crippen LogP contribution in [-0.4, -0.2) is 0 Å². The first-order valence-electron chi connectivity index (χ1n) is 6.97. The van der Waals surface area contributed by atoms with Crippen LogP contribution in [0.4, 0.5) is 0 Å². The van der Waals surface area contributed by atoms with Gasteiger partial charge in [0.15, 0.2) is 0 Å². The highest BCUT2D eigenvalue weighted by Gasteiger charge is 2.26. The van der Waals surface area contributed by atoms with Gasteiger partial charge in [0.25, 0.3) is 0 Å². The topological polar surface area (TPSA) is 0 Å². The monoisotopic (exact) mass is 212 g/mol. The van der Waals surface area contributed by atoms with Crippen molar-refractivity contribution in [1.82, 2.24) is 0 Å². The Bertz CT molecular complexity index is 142. The Morgan fingerprint density at radius 1 is 1.00 bits per heavy atom. The summed E-state index contributed by atoms with van der Waals surface area (Å²) in [5, 5.41) is 0. The molecule has 92 valence electrons. The fourth-order valence-electron chi connectivity index (χ4n) is 2.32. The lowest BCUT2D eigenvalue weighted by Gasteiger charge is -2.34. The van der Waals surface area contributed by atoms with Gasteiger partial charge in [0.1, 0.15) is 0 Å². The molecule has 0 saturated carbocycles. The smallest absolute Gasteiger partial charge is 0.0328 e. The number of hydrogen-bond acceptors (Lipinski definition) is 0. The normalized spacial score (nSPS) is 14.6. The van der Waals surface area contributed by atoms with Gasteiger partial charge in [-0.25, -0.2) is 0 Å². The molecule has 15 heavy (non-hydrogen) atoms. The minimum Gasteiger partial charge on any atom is -0.0654 e. The van der Waals surface area contributed by atoms with Crippen LogP contribution in [0.1, 0.15) is 80.1 Å². The van der Waals surface area contributed by atoms with Gasteiger partial charge in [-0.1, -0.05) is 67.2 Å². The maximum absolute atomic E-state index is 2.45. The molecule has 0 aliphatic heterocycles. The molecule has 0 saturated heterocycles. The summed E-state index contributed by atoms with van der Waals surface area (Å²) < 4.78 is 0. The Morgan fingerprint density at radius 3 is 1.93 bits per heavy atom. The molecule has 0 spiro atoms. The minimum atomic E-state index is 0.540. The van der Waals surface area contributed by atoms with Crippen LogP contribution in [0, 0.1) is 17.3 Å². The Morgan fingerprint density at radius 2 is 1.53 bits per heavy atom. The van der Waals surface area contributed by atoms with E-state index in [-0.39, 0.29) is 0 Å². The molecule has 0 aromatic carbocycles. The summed E-state index contributed by atoms with van der Waals surface area (Å²) in [5.41, 5.74) is 0.540. The van der Waals surface area contributed by atoms with Crippen LogP contribution in [0.3, 0.4) is 0 Å². The van der Waals surface area contributed by atoms with Crippen molar-refractivity contribution < 1.29 is 0 Å². The van der Waals surface area contributed by atoms with Gasteiger partial charge in [0.2, 0.25) is 0 Å². The molecule has 1 atom stereocenters. The third-order valence-corrected chi connectivity index (χ3v) is 4.35. The lowest BCUT2D eigenvalue weighted by atomic mass is 9.72. The Kier molecular flexibility index (Phi) is 7.30. The van der Waals surface area contributed by atoms with Crippen LogP contribution in [0.2, 0.25) is 0 Å². The zero-order valence-corrected chi connectivity index (χ0v) is 11.9. The molecule has 0 aliphatic carbocycles. The summed E-state index contributed by atoms with van der Waals surface area (Å²) in [6.45, 7) is 14.3. The van der Waals surface area contributed by atoms with Crippen molar-refractivity contribution in [3.8, 4) is 0 Å². The van der Waals surface area contributed by atoms with Gasteiger partial charge >= 0.3 is 0 Å². The first-order chi connectivity index (χ1) is 6.97. The standard InChI is InChI=1S/C15H32/c1-7-10-11-15(5,6)13(4)12-14(8-2)9-3/h13-14H,7-12H2,1-6H3. The molecule has 0 nitrogen and oxygen atoms in total. The summed E-state index contributed by atoms with van der Waals surface area (Å²) >= 11 is 0. The number of hydrogen-bond donors (Lipinski definition) is 0. The summed E-state index contributed by atoms with van der Waals surface area (Å²) in [5.74, 6) is 1.81. The third kappa shape index (κ3) is 5.58.